The van der Waals surface area contributed by atoms with Gasteiger partial charge in [-0.05, 0) is 19.3 Å². The summed E-state index contributed by atoms with van der Waals surface area (Å²) in [6.45, 7) is 0.751. The van der Waals surface area contributed by atoms with E-state index in [1.807, 2.05) is 11.6 Å². The first-order valence-electron chi connectivity index (χ1n) is 5.38. The Morgan fingerprint density at radius 3 is 3.12 bits per heavy atom. The summed E-state index contributed by atoms with van der Waals surface area (Å²) in [5, 5.41) is 6.42. The molecule has 16 heavy (non-hydrogen) atoms. The van der Waals surface area contributed by atoms with Crippen molar-refractivity contribution in [3.05, 3.63) is 34.2 Å². The predicted molar refractivity (Wildman–Crippen MR) is 63.5 cm³/mol. The van der Waals surface area contributed by atoms with E-state index in [1.165, 1.54) is 17.7 Å². The van der Waals surface area contributed by atoms with Crippen LogP contribution in [0.3, 0.4) is 0 Å². The van der Waals surface area contributed by atoms with Crippen molar-refractivity contribution >= 4 is 17.2 Å². The molecular formula is C11H12N4S. The van der Waals surface area contributed by atoms with Gasteiger partial charge in [-0.1, -0.05) is 0 Å². The minimum Gasteiger partial charge on any atom is -0.363 e. The third-order valence-electron chi connectivity index (χ3n) is 2.77. The summed E-state index contributed by atoms with van der Waals surface area (Å²) >= 11 is 1.66. The lowest BCUT2D eigenvalue weighted by molar-refractivity contribution is 0.899. The number of hydrogen-bond donors (Lipinski definition) is 1. The molecule has 0 radical (unpaired) electrons. The number of nitrogens with one attached hydrogen (secondary N) is 1. The van der Waals surface area contributed by atoms with Gasteiger partial charge in [0.2, 0.25) is 0 Å². The van der Waals surface area contributed by atoms with Crippen LogP contribution in [0.5, 0.6) is 0 Å². The Labute approximate surface area is 97.8 Å². The fourth-order valence-corrected chi connectivity index (χ4v) is 2.57. The largest absolute Gasteiger partial charge is 0.363 e. The Bertz CT molecular complexity index is 481. The van der Waals surface area contributed by atoms with Crippen molar-refractivity contribution in [2.75, 3.05) is 5.32 Å². The van der Waals surface area contributed by atoms with E-state index in [0.29, 0.717) is 0 Å². The average molecular weight is 232 g/mol. The van der Waals surface area contributed by atoms with Crippen LogP contribution < -0.4 is 5.32 Å². The molecule has 0 atom stereocenters. The van der Waals surface area contributed by atoms with Crippen molar-refractivity contribution < 1.29 is 0 Å². The molecule has 1 aliphatic carbocycles. The van der Waals surface area contributed by atoms with E-state index in [-0.39, 0.29) is 0 Å². The lowest BCUT2D eigenvalue weighted by Gasteiger charge is -2.07. The normalized spacial score (nSPS) is 13.8. The number of aromatic nitrogens is 3. The molecule has 0 spiro atoms. The van der Waals surface area contributed by atoms with Gasteiger partial charge in [0.1, 0.15) is 17.2 Å². The molecule has 0 bridgehead atoms. The van der Waals surface area contributed by atoms with Gasteiger partial charge >= 0.3 is 0 Å². The third kappa shape index (κ3) is 1.78. The van der Waals surface area contributed by atoms with Crippen molar-refractivity contribution in [2.45, 2.75) is 25.8 Å². The second kappa shape index (κ2) is 4.17. The highest BCUT2D eigenvalue weighted by Gasteiger charge is 2.16. The molecule has 0 saturated carbocycles. The quantitative estimate of drug-likeness (QED) is 0.879. The number of aryl methyl sites for hydroxylation is 1. The lowest BCUT2D eigenvalue weighted by Crippen LogP contribution is -2.05. The zero-order chi connectivity index (χ0) is 10.8. The number of rotatable bonds is 3. The Morgan fingerprint density at radius 2 is 2.25 bits per heavy atom. The maximum absolute atomic E-state index is 4.30. The van der Waals surface area contributed by atoms with Crippen molar-refractivity contribution in [2.24, 2.45) is 0 Å². The summed E-state index contributed by atoms with van der Waals surface area (Å²) in [4.78, 5) is 12.8. The first kappa shape index (κ1) is 9.72. The first-order valence-corrected chi connectivity index (χ1v) is 6.26. The van der Waals surface area contributed by atoms with Crippen LogP contribution in [0.4, 0.5) is 5.82 Å². The highest BCUT2D eigenvalue weighted by atomic mass is 32.1. The smallest absolute Gasteiger partial charge is 0.133 e. The van der Waals surface area contributed by atoms with Gasteiger partial charge in [0.05, 0.1) is 6.54 Å². The molecule has 2 heterocycles. The van der Waals surface area contributed by atoms with Crippen LogP contribution in [0.1, 0.15) is 22.7 Å². The predicted octanol–water partition coefficient (Wildman–Crippen LogP) is 2.03. The van der Waals surface area contributed by atoms with E-state index in [1.54, 1.807) is 17.7 Å². The molecule has 0 aromatic carbocycles. The van der Waals surface area contributed by atoms with Gasteiger partial charge in [-0.15, -0.1) is 11.3 Å². The number of fused-ring (bicyclic) bond motifs is 1. The molecule has 0 unspecified atom stereocenters. The van der Waals surface area contributed by atoms with Crippen LogP contribution in [-0.4, -0.2) is 15.0 Å². The van der Waals surface area contributed by atoms with Gasteiger partial charge < -0.3 is 5.32 Å². The molecule has 0 fully saturated rings. The van der Waals surface area contributed by atoms with Gasteiger partial charge in [-0.2, -0.15) is 0 Å². The summed E-state index contributed by atoms with van der Waals surface area (Å²) in [6, 6.07) is 0. The second-order valence-electron chi connectivity index (χ2n) is 3.78. The monoisotopic (exact) mass is 232 g/mol. The summed E-state index contributed by atoms with van der Waals surface area (Å²) < 4.78 is 0. The molecular weight excluding hydrogens is 220 g/mol. The van der Waals surface area contributed by atoms with Gasteiger partial charge in [0.15, 0.2) is 0 Å². The van der Waals surface area contributed by atoms with Crippen LogP contribution >= 0.6 is 11.3 Å². The Balaban J connectivity index is 1.78. The molecule has 3 rings (SSSR count). The molecule has 1 aliphatic rings. The summed E-state index contributed by atoms with van der Waals surface area (Å²) in [6.07, 6.45) is 6.85. The second-order valence-corrected chi connectivity index (χ2v) is 4.76. The van der Waals surface area contributed by atoms with Crippen LogP contribution in [-0.2, 0) is 19.4 Å². The number of anilines is 1. The summed E-state index contributed by atoms with van der Waals surface area (Å²) in [7, 11) is 0. The molecule has 2 aromatic rings. The Kier molecular flexibility index (Phi) is 2.53. The van der Waals surface area contributed by atoms with Crippen molar-refractivity contribution in [3.8, 4) is 0 Å². The minimum atomic E-state index is 0.751. The summed E-state index contributed by atoms with van der Waals surface area (Å²) in [5.41, 5.74) is 2.50. The van der Waals surface area contributed by atoms with Gasteiger partial charge in [-0.3, -0.25) is 0 Å². The molecule has 0 saturated heterocycles. The zero-order valence-electron chi connectivity index (χ0n) is 8.81. The number of hydrogen-bond acceptors (Lipinski definition) is 5. The van der Waals surface area contributed by atoms with Gasteiger partial charge in [-0.25, -0.2) is 15.0 Å². The maximum atomic E-state index is 4.30. The van der Waals surface area contributed by atoms with Crippen LogP contribution in [0.2, 0.25) is 0 Å². The van der Waals surface area contributed by atoms with E-state index in [4.69, 9.17) is 0 Å². The van der Waals surface area contributed by atoms with E-state index >= 15 is 0 Å². The standard InChI is InChI=1S/C11H12N4S/c1-2-8-9(3-1)14-7-15-11(8)13-6-10-12-4-5-16-10/h4-5,7H,1-3,6H2,(H,13,14,15). The highest BCUT2D eigenvalue weighted by Crippen LogP contribution is 2.25. The van der Waals surface area contributed by atoms with E-state index in [2.05, 4.69) is 20.3 Å². The molecule has 4 nitrogen and oxygen atoms in total. The lowest BCUT2D eigenvalue weighted by atomic mass is 10.2. The average Bonchev–Trinajstić information content (AvgIpc) is 2.97. The van der Waals surface area contributed by atoms with Crippen molar-refractivity contribution in [3.63, 3.8) is 0 Å². The maximum Gasteiger partial charge on any atom is 0.133 e. The number of nitrogens with zero attached hydrogens (tertiary/aromatic N) is 3. The number of thiazole rings is 1. The van der Waals surface area contributed by atoms with Gasteiger partial charge in [0, 0.05) is 22.8 Å². The SMILES string of the molecule is c1csc(CNc2ncnc3c2CCC3)n1. The summed E-state index contributed by atoms with van der Waals surface area (Å²) in [5.74, 6) is 0.984. The zero-order valence-corrected chi connectivity index (χ0v) is 9.63. The molecule has 82 valence electrons. The van der Waals surface area contributed by atoms with Crippen molar-refractivity contribution in [1.82, 2.24) is 15.0 Å². The molecule has 2 aromatic heterocycles. The fraction of sp³-hybridized carbons (Fsp3) is 0.364. The minimum absolute atomic E-state index is 0.751. The van der Waals surface area contributed by atoms with Crippen LogP contribution in [0, 0.1) is 0 Å². The van der Waals surface area contributed by atoms with E-state index in [9.17, 15) is 0 Å². The molecule has 0 aliphatic heterocycles. The highest BCUT2D eigenvalue weighted by molar-refractivity contribution is 7.09. The molecule has 0 amide bonds. The van der Waals surface area contributed by atoms with Crippen LogP contribution in [0.15, 0.2) is 17.9 Å². The van der Waals surface area contributed by atoms with Crippen molar-refractivity contribution in [1.29, 1.82) is 0 Å². The third-order valence-corrected chi connectivity index (χ3v) is 3.55. The van der Waals surface area contributed by atoms with E-state index < -0.39 is 0 Å². The topological polar surface area (TPSA) is 50.7 Å². The molecule has 1 N–H and O–H groups in total. The Hall–Kier alpha value is -1.49. The fourth-order valence-electron chi connectivity index (χ4n) is 2.01. The first-order chi connectivity index (χ1) is 7.93. The van der Waals surface area contributed by atoms with E-state index in [0.717, 1.165) is 30.2 Å². The van der Waals surface area contributed by atoms with Gasteiger partial charge in [0.25, 0.3) is 0 Å². The van der Waals surface area contributed by atoms with Crippen LogP contribution in [0.25, 0.3) is 0 Å². The molecule has 5 heteroatoms. The Morgan fingerprint density at radius 1 is 1.25 bits per heavy atom.